The fourth-order valence-electron chi connectivity index (χ4n) is 4.44. The maximum Gasteiger partial charge on any atom is 0.225 e. The number of nitrogens with zero attached hydrogens (tertiary/aromatic N) is 6. The van der Waals surface area contributed by atoms with Crippen LogP contribution in [0.3, 0.4) is 0 Å². The van der Waals surface area contributed by atoms with Crippen molar-refractivity contribution in [1.29, 1.82) is 0 Å². The van der Waals surface area contributed by atoms with E-state index in [0.29, 0.717) is 23.7 Å². The van der Waals surface area contributed by atoms with Gasteiger partial charge in [0.1, 0.15) is 12.1 Å². The lowest BCUT2D eigenvalue weighted by Crippen LogP contribution is -2.34. The van der Waals surface area contributed by atoms with Gasteiger partial charge in [0, 0.05) is 55.7 Å². The minimum Gasteiger partial charge on any atom is -0.356 e. The number of hydrogen-bond acceptors (Lipinski definition) is 5. The number of carbonyl (C=O) groups excluding carboxylic acids is 1. The van der Waals surface area contributed by atoms with Crippen LogP contribution >= 0.6 is 0 Å². The van der Waals surface area contributed by atoms with Crippen molar-refractivity contribution >= 4 is 11.7 Å². The second-order valence-corrected chi connectivity index (χ2v) is 8.02. The standard InChI is InChI=1S/C19H24N6O/c1-12-5-13(2)25(22-12)18-6-17(20-11-21-18)23-7-15-9-24(10-16(15)8-23)19(26)14-3-4-14/h5-6,11,14-16H,3-4,7-10H2,1-2H3. The number of aromatic nitrogens is 4. The third-order valence-corrected chi connectivity index (χ3v) is 5.91. The number of rotatable bonds is 3. The molecule has 0 N–H and O–H groups in total. The number of aryl methyl sites for hydroxylation is 2. The fourth-order valence-corrected chi connectivity index (χ4v) is 4.44. The van der Waals surface area contributed by atoms with Crippen LogP contribution in [0, 0.1) is 31.6 Å². The molecule has 2 aliphatic heterocycles. The van der Waals surface area contributed by atoms with Crippen molar-refractivity contribution in [1.82, 2.24) is 24.6 Å². The molecule has 2 unspecified atom stereocenters. The maximum atomic E-state index is 12.3. The molecule has 0 bridgehead atoms. The van der Waals surface area contributed by atoms with E-state index in [4.69, 9.17) is 0 Å². The quantitative estimate of drug-likeness (QED) is 0.839. The summed E-state index contributed by atoms with van der Waals surface area (Å²) in [7, 11) is 0. The number of likely N-dealkylation sites (tertiary alicyclic amines) is 1. The Morgan fingerprint density at radius 3 is 2.31 bits per heavy atom. The molecule has 7 nitrogen and oxygen atoms in total. The smallest absolute Gasteiger partial charge is 0.225 e. The first-order valence-corrected chi connectivity index (χ1v) is 9.48. The second kappa shape index (κ2) is 5.79. The third kappa shape index (κ3) is 2.66. The first-order chi connectivity index (χ1) is 12.6. The van der Waals surface area contributed by atoms with Gasteiger partial charge in [-0.3, -0.25) is 4.79 Å². The molecule has 1 saturated carbocycles. The number of amides is 1. The van der Waals surface area contributed by atoms with Gasteiger partial charge in [0.2, 0.25) is 5.91 Å². The van der Waals surface area contributed by atoms with E-state index in [9.17, 15) is 4.79 Å². The molecule has 0 aromatic carbocycles. The predicted molar refractivity (Wildman–Crippen MR) is 97.1 cm³/mol. The molecule has 1 amide bonds. The van der Waals surface area contributed by atoms with Gasteiger partial charge in [-0.1, -0.05) is 0 Å². The summed E-state index contributed by atoms with van der Waals surface area (Å²) in [5.41, 5.74) is 2.05. The number of fused-ring (bicyclic) bond motifs is 1. The predicted octanol–water partition coefficient (Wildman–Crippen LogP) is 1.58. The highest BCUT2D eigenvalue weighted by Gasteiger charge is 2.44. The van der Waals surface area contributed by atoms with Gasteiger partial charge in [-0.15, -0.1) is 0 Å². The van der Waals surface area contributed by atoms with Gasteiger partial charge in [0.15, 0.2) is 5.82 Å². The molecule has 0 radical (unpaired) electrons. The summed E-state index contributed by atoms with van der Waals surface area (Å²) >= 11 is 0. The largest absolute Gasteiger partial charge is 0.356 e. The van der Waals surface area contributed by atoms with E-state index in [-0.39, 0.29) is 0 Å². The first-order valence-electron chi connectivity index (χ1n) is 9.48. The Hall–Kier alpha value is -2.44. The fraction of sp³-hybridized carbons (Fsp3) is 0.579. The lowest BCUT2D eigenvalue weighted by molar-refractivity contribution is -0.131. The lowest BCUT2D eigenvalue weighted by Gasteiger charge is -2.22. The van der Waals surface area contributed by atoms with Crippen LogP contribution in [-0.2, 0) is 4.79 Å². The highest BCUT2D eigenvalue weighted by atomic mass is 16.2. The summed E-state index contributed by atoms with van der Waals surface area (Å²) in [6.07, 6.45) is 3.80. The summed E-state index contributed by atoms with van der Waals surface area (Å²) in [6, 6.07) is 4.07. The van der Waals surface area contributed by atoms with Crippen LogP contribution in [0.5, 0.6) is 0 Å². The van der Waals surface area contributed by atoms with E-state index in [1.165, 1.54) is 0 Å². The zero-order valence-electron chi connectivity index (χ0n) is 15.3. The topological polar surface area (TPSA) is 67.2 Å². The molecule has 2 atom stereocenters. The summed E-state index contributed by atoms with van der Waals surface area (Å²) < 4.78 is 1.87. The number of anilines is 1. The molecule has 2 saturated heterocycles. The minimum absolute atomic E-state index is 0.329. The molecule has 2 aromatic heterocycles. The molecule has 2 aromatic rings. The Morgan fingerprint density at radius 1 is 1.00 bits per heavy atom. The minimum atomic E-state index is 0.329. The normalized spacial score (nSPS) is 25.0. The Bertz CT molecular complexity index is 843. The Balaban J connectivity index is 1.31. The summed E-state index contributed by atoms with van der Waals surface area (Å²) in [6.45, 7) is 7.77. The molecule has 0 spiro atoms. The van der Waals surface area contributed by atoms with Gasteiger partial charge in [-0.25, -0.2) is 14.6 Å². The molecule has 4 heterocycles. The molecule has 7 heteroatoms. The van der Waals surface area contributed by atoms with Crippen molar-refractivity contribution < 1.29 is 4.79 Å². The van der Waals surface area contributed by atoms with E-state index >= 15 is 0 Å². The van der Waals surface area contributed by atoms with Crippen molar-refractivity contribution in [3.05, 3.63) is 29.8 Å². The average Bonchev–Trinajstić information content (AvgIpc) is 3.15. The summed E-state index contributed by atoms with van der Waals surface area (Å²) in [4.78, 5) is 25.6. The molecule has 1 aliphatic carbocycles. The second-order valence-electron chi connectivity index (χ2n) is 8.02. The van der Waals surface area contributed by atoms with Crippen LogP contribution < -0.4 is 4.90 Å². The van der Waals surface area contributed by atoms with Crippen LogP contribution in [0.2, 0.25) is 0 Å². The lowest BCUT2D eigenvalue weighted by atomic mass is 10.0. The van der Waals surface area contributed by atoms with Crippen molar-refractivity contribution in [3.63, 3.8) is 0 Å². The summed E-state index contributed by atoms with van der Waals surface area (Å²) in [5.74, 6) is 3.60. The van der Waals surface area contributed by atoms with Gasteiger partial charge in [-0.2, -0.15) is 5.10 Å². The maximum absolute atomic E-state index is 12.3. The van der Waals surface area contributed by atoms with Crippen LogP contribution in [0.1, 0.15) is 24.2 Å². The number of carbonyl (C=O) groups is 1. The molecular weight excluding hydrogens is 328 g/mol. The van der Waals surface area contributed by atoms with E-state index in [1.807, 2.05) is 30.7 Å². The van der Waals surface area contributed by atoms with E-state index in [0.717, 1.165) is 62.0 Å². The summed E-state index contributed by atoms with van der Waals surface area (Å²) in [5, 5.41) is 4.52. The van der Waals surface area contributed by atoms with Crippen LogP contribution in [0.15, 0.2) is 18.5 Å². The molecule has 3 fully saturated rings. The van der Waals surface area contributed by atoms with Gasteiger partial charge >= 0.3 is 0 Å². The highest BCUT2D eigenvalue weighted by Crippen LogP contribution is 2.37. The van der Waals surface area contributed by atoms with Crippen molar-refractivity contribution in [2.75, 3.05) is 31.1 Å². The Morgan fingerprint density at radius 2 is 1.69 bits per heavy atom. The molecule has 5 rings (SSSR count). The van der Waals surface area contributed by atoms with Gasteiger partial charge in [-0.05, 0) is 32.8 Å². The van der Waals surface area contributed by atoms with E-state index in [1.54, 1.807) is 6.33 Å². The van der Waals surface area contributed by atoms with Crippen LogP contribution in [0.25, 0.3) is 5.82 Å². The monoisotopic (exact) mass is 352 g/mol. The highest BCUT2D eigenvalue weighted by molar-refractivity contribution is 5.81. The van der Waals surface area contributed by atoms with Crippen molar-refractivity contribution in [2.24, 2.45) is 17.8 Å². The number of hydrogen-bond donors (Lipinski definition) is 0. The SMILES string of the molecule is Cc1cc(C)n(-c2cc(N3CC4CN(C(=O)C5CC5)CC4C3)ncn2)n1. The average molecular weight is 352 g/mol. The third-order valence-electron chi connectivity index (χ3n) is 5.91. The molecule has 26 heavy (non-hydrogen) atoms. The van der Waals surface area contributed by atoms with Crippen LogP contribution in [0.4, 0.5) is 5.82 Å². The zero-order valence-corrected chi connectivity index (χ0v) is 15.3. The van der Waals surface area contributed by atoms with Gasteiger partial charge < -0.3 is 9.80 Å². The van der Waals surface area contributed by atoms with Crippen molar-refractivity contribution in [2.45, 2.75) is 26.7 Å². The molecule has 3 aliphatic rings. The van der Waals surface area contributed by atoms with Gasteiger partial charge in [0.05, 0.1) is 5.69 Å². The molecular formula is C19H24N6O. The van der Waals surface area contributed by atoms with E-state index in [2.05, 4.69) is 24.9 Å². The van der Waals surface area contributed by atoms with Crippen LogP contribution in [-0.4, -0.2) is 56.7 Å². The van der Waals surface area contributed by atoms with E-state index < -0.39 is 0 Å². The Labute approximate surface area is 153 Å². The van der Waals surface area contributed by atoms with Gasteiger partial charge in [0.25, 0.3) is 0 Å². The zero-order chi connectivity index (χ0) is 17.8. The Kier molecular flexibility index (Phi) is 3.52. The van der Waals surface area contributed by atoms with Crippen molar-refractivity contribution in [3.8, 4) is 5.82 Å². The molecule has 136 valence electrons. The first kappa shape index (κ1) is 15.8.